The van der Waals surface area contributed by atoms with E-state index in [-0.39, 0.29) is 5.41 Å². The van der Waals surface area contributed by atoms with Gasteiger partial charge in [0.25, 0.3) is 0 Å². The molecule has 1 nitrogen and oxygen atoms in total. The van der Waals surface area contributed by atoms with Crippen molar-refractivity contribution in [1.29, 1.82) is 0 Å². The Balaban J connectivity index is 1.95. The van der Waals surface area contributed by atoms with Crippen molar-refractivity contribution in [2.24, 2.45) is 5.92 Å². The molecular weight excluding hydrogens is 242 g/mol. The van der Waals surface area contributed by atoms with E-state index in [1.54, 1.807) is 0 Å². The van der Waals surface area contributed by atoms with E-state index in [0.717, 1.165) is 12.0 Å². The van der Waals surface area contributed by atoms with Gasteiger partial charge in [0, 0.05) is 6.04 Å². The molecule has 0 heterocycles. The summed E-state index contributed by atoms with van der Waals surface area (Å²) in [6.45, 7) is 10.3. The van der Waals surface area contributed by atoms with Gasteiger partial charge >= 0.3 is 0 Å². The molecule has 1 fully saturated rings. The highest BCUT2D eigenvalue weighted by atomic mass is 14.9. The Kier molecular flexibility index (Phi) is 5.26. The molecule has 0 bridgehead atoms. The van der Waals surface area contributed by atoms with Crippen molar-refractivity contribution >= 4 is 0 Å². The van der Waals surface area contributed by atoms with Gasteiger partial charge in [0.05, 0.1) is 0 Å². The molecule has 1 aromatic carbocycles. The maximum Gasteiger partial charge on any atom is 0.00985 e. The van der Waals surface area contributed by atoms with Crippen LogP contribution in [0, 0.1) is 5.92 Å². The molecule has 0 aromatic heterocycles. The molecule has 2 unspecified atom stereocenters. The Hall–Kier alpha value is -0.820. The Morgan fingerprint density at radius 3 is 2.40 bits per heavy atom. The summed E-state index contributed by atoms with van der Waals surface area (Å²) in [4.78, 5) is 0. The highest BCUT2D eigenvalue weighted by Crippen LogP contribution is 2.30. The number of hydrogen-bond acceptors (Lipinski definition) is 1. The highest BCUT2D eigenvalue weighted by molar-refractivity contribution is 5.28. The molecule has 0 amide bonds. The second-order valence-electron chi connectivity index (χ2n) is 7.40. The second kappa shape index (κ2) is 6.76. The molecule has 20 heavy (non-hydrogen) atoms. The average Bonchev–Trinajstić information content (AvgIpc) is 2.83. The lowest BCUT2D eigenvalue weighted by Gasteiger charge is -2.22. The predicted molar refractivity (Wildman–Crippen MR) is 88.3 cm³/mol. The van der Waals surface area contributed by atoms with Crippen molar-refractivity contribution in [1.82, 2.24) is 5.32 Å². The quantitative estimate of drug-likeness (QED) is 0.820. The molecule has 112 valence electrons. The summed E-state index contributed by atoms with van der Waals surface area (Å²) >= 11 is 0. The van der Waals surface area contributed by atoms with E-state index >= 15 is 0 Å². The van der Waals surface area contributed by atoms with Gasteiger partial charge in [0.2, 0.25) is 0 Å². The monoisotopic (exact) mass is 273 g/mol. The molecule has 1 heteroatoms. The third-order valence-corrected chi connectivity index (χ3v) is 4.63. The van der Waals surface area contributed by atoms with Crippen molar-refractivity contribution in [3.63, 3.8) is 0 Å². The van der Waals surface area contributed by atoms with E-state index in [4.69, 9.17) is 0 Å². The molecule has 0 aliphatic heterocycles. The summed E-state index contributed by atoms with van der Waals surface area (Å²) in [5.74, 6) is 0.835. The minimum absolute atomic E-state index is 0.261. The minimum Gasteiger partial charge on any atom is -0.314 e. The zero-order valence-corrected chi connectivity index (χ0v) is 13.7. The van der Waals surface area contributed by atoms with Gasteiger partial charge in [0.15, 0.2) is 0 Å². The Morgan fingerprint density at radius 1 is 1.10 bits per heavy atom. The Labute approximate surface area is 125 Å². The number of hydrogen-bond donors (Lipinski definition) is 1. The van der Waals surface area contributed by atoms with Crippen LogP contribution in [-0.4, -0.2) is 12.6 Å². The lowest BCUT2D eigenvalue weighted by molar-refractivity contribution is 0.399. The topological polar surface area (TPSA) is 12.0 Å². The molecule has 1 aromatic rings. The highest BCUT2D eigenvalue weighted by Gasteiger charge is 2.26. The third-order valence-electron chi connectivity index (χ3n) is 4.63. The standard InChI is InChI=1S/C19H31N/c1-5-13-20-18-8-6-7-16(18)14-15-9-11-17(12-10-15)19(2,3)4/h9-12,16,18,20H,5-8,13-14H2,1-4H3. The van der Waals surface area contributed by atoms with Crippen molar-refractivity contribution in [3.8, 4) is 0 Å². The van der Waals surface area contributed by atoms with Gasteiger partial charge in [-0.3, -0.25) is 0 Å². The van der Waals surface area contributed by atoms with Crippen molar-refractivity contribution < 1.29 is 0 Å². The van der Waals surface area contributed by atoms with Crippen molar-refractivity contribution in [2.75, 3.05) is 6.54 Å². The third kappa shape index (κ3) is 4.09. The van der Waals surface area contributed by atoms with Crippen molar-refractivity contribution in [3.05, 3.63) is 35.4 Å². The first-order chi connectivity index (χ1) is 9.50. The molecule has 0 radical (unpaired) electrons. The smallest absolute Gasteiger partial charge is 0.00985 e. The molecule has 2 rings (SSSR count). The van der Waals surface area contributed by atoms with Crippen LogP contribution in [0.1, 0.15) is 64.5 Å². The molecule has 1 N–H and O–H groups in total. The molecule has 2 atom stereocenters. The predicted octanol–water partition coefficient (Wildman–Crippen LogP) is 4.69. The van der Waals surface area contributed by atoms with Crippen LogP contribution in [0.2, 0.25) is 0 Å². The van der Waals surface area contributed by atoms with E-state index in [1.165, 1.54) is 49.8 Å². The van der Waals surface area contributed by atoms with Crippen molar-refractivity contribution in [2.45, 2.75) is 71.3 Å². The maximum absolute atomic E-state index is 3.74. The Bertz CT molecular complexity index is 399. The maximum atomic E-state index is 3.74. The Morgan fingerprint density at radius 2 is 1.80 bits per heavy atom. The molecule has 0 spiro atoms. The average molecular weight is 273 g/mol. The van der Waals surface area contributed by atoms with Crippen LogP contribution < -0.4 is 5.32 Å². The van der Waals surface area contributed by atoms with Crippen LogP contribution in [0.25, 0.3) is 0 Å². The molecule has 0 saturated heterocycles. The molecular formula is C19H31N. The lowest BCUT2D eigenvalue weighted by Crippen LogP contribution is -2.33. The van der Waals surface area contributed by atoms with E-state index < -0.39 is 0 Å². The molecule has 1 saturated carbocycles. The number of benzene rings is 1. The van der Waals surface area contributed by atoms with Gasteiger partial charge in [-0.2, -0.15) is 0 Å². The largest absolute Gasteiger partial charge is 0.314 e. The van der Waals surface area contributed by atoms with Gasteiger partial charge in [-0.25, -0.2) is 0 Å². The number of rotatable bonds is 5. The van der Waals surface area contributed by atoms with E-state index in [2.05, 4.69) is 57.3 Å². The fourth-order valence-corrected chi connectivity index (χ4v) is 3.32. The van der Waals surface area contributed by atoms with Crippen LogP contribution >= 0.6 is 0 Å². The summed E-state index contributed by atoms with van der Waals surface area (Å²) in [5, 5.41) is 3.74. The first-order valence-corrected chi connectivity index (χ1v) is 8.33. The molecule has 1 aliphatic carbocycles. The number of nitrogens with one attached hydrogen (secondary N) is 1. The van der Waals surface area contributed by atoms with Gasteiger partial charge in [0.1, 0.15) is 0 Å². The van der Waals surface area contributed by atoms with E-state index in [1.807, 2.05) is 0 Å². The first kappa shape index (κ1) is 15.6. The van der Waals surface area contributed by atoms with Crippen LogP contribution in [0.4, 0.5) is 0 Å². The van der Waals surface area contributed by atoms with Gasteiger partial charge in [-0.15, -0.1) is 0 Å². The van der Waals surface area contributed by atoms with Crippen LogP contribution in [0.3, 0.4) is 0 Å². The van der Waals surface area contributed by atoms with E-state index in [0.29, 0.717) is 0 Å². The molecule has 1 aliphatic rings. The summed E-state index contributed by atoms with van der Waals surface area (Å²) < 4.78 is 0. The van der Waals surface area contributed by atoms with Gasteiger partial charge in [-0.1, -0.05) is 58.4 Å². The lowest BCUT2D eigenvalue weighted by atomic mass is 9.85. The minimum atomic E-state index is 0.261. The van der Waals surface area contributed by atoms with Crippen LogP contribution in [0.15, 0.2) is 24.3 Å². The summed E-state index contributed by atoms with van der Waals surface area (Å²) in [6.07, 6.45) is 6.63. The summed E-state index contributed by atoms with van der Waals surface area (Å²) in [6, 6.07) is 10.1. The fraction of sp³-hybridized carbons (Fsp3) is 0.684. The van der Waals surface area contributed by atoms with Crippen LogP contribution in [-0.2, 0) is 11.8 Å². The van der Waals surface area contributed by atoms with Gasteiger partial charge < -0.3 is 5.32 Å². The van der Waals surface area contributed by atoms with Gasteiger partial charge in [-0.05, 0) is 54.7 Å². The van der Waals surface area contributed by atoms with Crippen LogP contribution in [0.5, 0.6) is 0 Å². The SMILES string of the molecule is CCCNC1CCCC1Cc1ccc(C(C)(C)C)cc1. The van der Waals surface area contributed by atoms with E-state index in [9.17, 15) is 0 Å². The normalized spacial score (nSPS) is 23.2. The fourth-order valence-electron chi connectivity index (χ4n) is 3.32. The summed E-state index contributed by atoms with van der Waals surface area (Å²) in [5.41, 5.74) is 3.21. The zero-order chi connectivity index (χ0) is 14.6. The zero-order valence-electron chi connectivity index (χ0n) is 13.7. The second-order valence-corrected chi connectivity index (χ2v) is 7.40. The first-order valence-electron chi connectivity index (χ1n) is 8.33. The summed E-state index contributed by atoms with van der Waals surface area (Å²) in [7, 11) is 0.